The molecule has 25 heavy (non-hydrogen) atoms. The summed E-state index contributed by atoms with van der Waals surface area (Å²) >= 11 is 0. The number of piperidine rings is 1. The highest BCUT2D eigenvalue weighted by molar-refractivity contribution is 7.89. The van der Waals surface area contributed by atoms with Gasteiger partial charge in [-0.3, -0.25) is 0 Å². The van der Waals surface area contributed by atoms with E-state index in [4.69, 9.17) is 0 Å². The third-order valence-electron chi connectivity index (χ3n) is 4.61. The summed E-state index contributed by atoms with van der Waals surface area (Å²) in [5, 5.41) is 10.4. The van der Waals surface area contributed by atoms with Crippen LogP contribution in [0.25, 0.3) is 6.08 Å². The van der Waals surface area contributed by atoms with Gasteiger partial charge in [-0.25, -0.2) is 12.7 Å². The molecule has 1 aliphatic heterocycles. The summed E-state index contributed by atoms with van der Waals surface area (Å²) in [5.74, 6) is 0. The van der Waals surface area contributed by atoms with Crippen LogP contribution in [0.1, 0.15) is 23.1 Å². The van der Waals surface area contributed by atoms with Gasteiger partial charge in [-0.05, 0) is 43.7 Å². The largest absolute Gasteiger partial charge is 0.386 e. The Labute approximate surface area is 147 Å². The molecule has 4 rings (SSSR count). The maximum atomic E-state index is 13.1. The third kappa shape index (κ3) is 2.67. The van der Waals surface area contributed by atoms with Crippen molar-refractivity contribution < 1.29 is 13.5 Å². The Morgan fingerprint density at radius 3 is 2.60 bits per heavy atom. The molecule has 4 nitrogen and oxygen atoms in total. The molecular formula is C20H18NO3S+. The van der Waals surface area contributed by atoms with Gasteiger partial charge in [0.15, 0.2) is 5.56 Å². The minimum absolute atomic E-state index is 0.247. The molecule has 1 atom stereocenters. The van der Waals surface area contributed by atoms with Crippen LogP contribution < -0.4 is 0 Å². The third-order valence-corrected chi connectivity index (χ3v) is 6.44. The summed E-state index contributed by atoms with van der Waals surface area (Å²) in [6.45, 7) is 2.17. The Kier molecular flexibility index (Phi) is 3.73. The number of hydrogen-bond donors (Lipinski definition) is 1. The van der Waals surface area contributed by atoms with E-state index < -0.39 is 16.1 Å². The van der Waals surface area contributed by atoms with E-state index >= 15 is 0 Å². The molecule has 2 aromatic rings. The number of benzene rings is 2. The second-order valence-electron chi connectivity index (χ2n) is 6.35. The molecule has 0 spiro atoms. The standard InChI is InChI=1S/C20H18NO3S/c1-14-6-8-17(9-7-14)25(23,24)21-11-10-20(22)18-12-15-4-2-3-5-16(15)13-19(18)21/h2-9,13,20,22H,10-11H2,1H3/q+1. The van der Waals surface area contributed by atoms with Crippen molar-refractivity contribution in [1.29, 1.82) is 0 Å². The molecule has 5 heteroatoms. The summed E-state index contributed by atoms with van der Waals surface area (Å²) < 4.78 is 27.7. The van der Waals surface area contributed by atoms with E-state index in [1.165, 1.54) is 4.31 Å². The van der Waals surface area contributed by atoms with Gasteiger partial charge in [0.25, 0.3) is 10.0 Å². The van der Waals surface area contributed by atoms with Crippen LogP contribution in [0.5, 0.6) is 0 Å². The van der Waals surface area contributed by atoms with Crippen LogP contribution >= 0.6 is 0 Å². The van der Waals surface area contributed by atoms with Crippen molar-refractivity contribution in [2.45, 2.75) is 24.3 Å². The average molecular weight is 352 g/mol. The normalized spacial score (nSPS) is 19.3. The minimum atomic E-state index is -3.68. The number of aryl methyl sites for hydroxylation is 1. The summed E-state index contributed by atoms with van der Waals surface area (Å²) in [4.78, 5) is 0.258. The number of rotatable bonds is 2. The van der Waals surface area contributed by atoms with Crippen molar-refractivity contribution in [3.05, 3.63) is 82.6 Å². The lowest BCUT2D eigenvalue weighted by Gasteiger charge is -2.32. The van der Waals surface area contributed by atoms with Crippen LogP contribution in [0.3, 0.4) is 0 Å². The summed E-state index contributed by atoms with van der Waals surface area (Å²) in [6, 6.07) is 14.5. The molecule has 1 N–H and O–H groups in total. The van der Waals surface area contributed by atoms with Gasteiger partial charge in [0, 0.05) is 18.7 Å². The predicted octanol–water partition coefficient (Wildman–Crippen LogP) is 2.88. The van der Waals surface area contributed by atoms with Gasteiger partial charge in [-0.1, -0.05) is 17.7 Å². The fourth-order valence-electron chi connectivity index (χ4n) is 3.22. The molecule has 1 unspecified atom stereocenters. The minimum Gasteiger partial charge on any atom is -0.386 e. The first-order chi connectivity index (χ1) is 12.0. The summed E-state index contributed by atoms with van der Waals surface area (Å²) in [7, 11) is -3.68. The Morgan fingerprint density at radius 2 is 1.84 bits per heavy atom. The lowest BCUT2D eigenvalue weighted by molar-refractivity contribution is 0.176. The van der Waals surface area contributed by atoms with Gasteiger partial charge in [0.2, 0.25) is 0 Å². The molecule has 0 radical (unpaired) electrons. The van der Waals surface area contributed by atoms with Crippen LogP contribution in [0.4, 0.5) is 0 Å². The molecule has 2 aromatic carbocycles. The molecule has 0 amide bonds. The van der Waals surface area contributed by atoms with Crippen molar-refractivity contribution in [3.63, 3.8) is 0 Å². The number of aliphatic hydroxyl groups is 1. The van der Waals surface area contributed by atoms with E-state index in [9.17, 15) is 13.5 Å². The first kappa shape index (κ1) is 16.0. The number of sulfonamides is 1. The highest BCUT2D eigenvalue weighted by Gasteiger charge is 2.41. The first-order valence-corrected chi connectivity index (χ1v) is 9.63. The maximum absolute atomic E-state index is 13.1. The predicted molar refractivity (Wildman–Crippen MR) is 96.0 cm³/mol. The second-order valence-corrected chi connectivity index (χ2v) is 8.21. The van der Waals surface area contributed by atoms with E-state index in [2.05, 4.69) is 6.08 Å². The fraction of sp³-hybridized carbons (Fsp3) is 0.200. The van der Waals surface area contributed by atoms with Crippen molar-refractivity contribution in [3.8, 4) is 0 Å². The quantitative estimate of drug-likeness (QED) is 0.846. The lowest BCUT2D eigenvalue weighted by Crippen LogP contribution is -2.40. The van der Waals surface area contributed by atoms with Gasteiger partial charge >= 0.3 is 0 Å². The number of hydrogen-bond acceptors (Lipinski definition) is 3. The SMILES string of the molecule is Cc1ccc(S(=O)(=O)N2CCC(O)C3=[C+]c4ccccc4C=C32)cc1. The molecule has 1 saturated heterocycles. The van der Waals surface area contributed by atoms with Crippen LogP contribution in [-0.2, 0) is 10.0 Å². The van der Waals surface area contributed by atoms with Gasteiger partial charge in [-0.2, -0.15) is 0 Å². The van der Waals surface area contributed by atoms with Crippen molar-refractivity contribution in [2.75, 3.05) is 6.54 Å². The van der Waals surface area contributed by atoms with E-state index in [1.54, 1.807) is 24.3 Å². The molecular weight excluding hydrogens is 334 g/mol. The monoisotopic (exact) mass is 352 g/mol. The van der Waals surface area contributed by atoms with E-state index in [0.717, 1.165) is 16.7 Å². The number of aliphatic hydroxyl groups excluding tert-OH is 1. The molecule has 1 fully saturated rings. The van der Waals surface area contributed by atoms with E-state index in [-0.39, 0.29) is 11.4 Å². The van der Waals surface area contributed by atoms with Gasteiger partial charge in [0.1, 0.15) is 17.4 Å². The summed E-state index contributed by atoms with van der Waals surface area (Å²) in [5.41, 5.74) is 3.83. The van der Waals surface area contributed by atoms with Crippen LogP contribution in [0.2, 0.25) is 0 Å². The smallest absolute Gasteiger partial charge is 0.272 e. The Bertz CT molecular complexity index is 988. The average Bonchev–Trinajstić information content (AvgIpc) is 2.61. The Morgan fingerprint density at radius 1 is 1.12 bits per heavy atom. The Hall–Kier alpha value is -2.46. The molecule has 126 valence electrons. The topological polar surface area (TPSA) is 57.6 Å². The van der Waals surface area contributed by atoms with Crippen LogP contribution in [-0.4, -0.2) is 30.5 Å². The molecule has 0 bridgehead atoms. The fourth-order valence-corrected chi connectivity index (χ4v) is 4.71. The van der Waals surface area contributed by atoms with Crippen LogP contribution in [0, 0.1) is 13.0 Å². The molecule has 1 heterocycles. The van der Waals surface area contributed by atoms with E-state index in [0.29, 0.717) is 17.7 Å². The maximum Gasteiger partial charge on any atom is 0.272 e. The highest BCUT2D eigenvalue weighted by Crippen LogP contribution is 2.37. The van der Waals surface area contributed by atoms with Gasteiger partial charge in [0.05, 0.1) is 16.5 Å². The molecule has 2 aliphatic rings. The van der Waals surface area contributed by atoms with Crippen molar-refractivity contribution >= 4 is 16.1 Å². The summed E-state index contributed by atoms with van der Waals surface area (Å²) in [6.07, 6.45) is 4.68. The zero-order chi connectivity index (χ0) is 17.6. The van der Waals surface area contributed by atoms with Gasteiger partial charge < -0.3 is 5.11 Å². The van der Waals surface area contributed by atoms with E-state index in [1.807, 2.05) is 37.3 Å². The van der Waals surface area contributed by atoms with Crippen LogP contribution in [0.15, 0.2) is 64.7 Å². The van der Waals surface area contributed by atoms with Crippen molar-refractivity contribution in [2.24, 2.45) is 0 Å². The molecule has 0 aromatic heterocycles. The zero-order valence-electron chi connectivity index (χ0n) is 13.8. The second kappa shape index (κ2) is 5.81. The molecule has 0 saturated carbocycles. The van der Waals surface area contributed by atoms with Crippen molar-refractivity contribution in [1.82, 2.24) is 4.31 Å². The van der Waals surface area contributed by atoms with Gasteiger partial charge in [-0.15, -0.1) is 0 Å². The molecule has 1 aliphatic carbocycles. The number of nitrogens with zero attached hydrogens (tertiary/aromatic N) is 1. The highest BCUT2D eigenvalue weighted by atomic mass is 32.2. The number of fused-ring (bicyclic) bond motifs is 2. The lowest BCUT2D eigenvalue weighted by atomic mass is 9.90. The zero-order valence-corrected chi connectivity index (χ0v) is 14.6. The Balaban J connectivity index is 1.83. The first-order valence-electron chi connectivity index (χ1n) is 8.19.